The van der Waals surface area contributed by atoms with Crippen molar-refractivity contribution in [3.63, 3.8) is 0 Å². The summed E-state index contributed by atoms with van der Waals surface area (Å²) >= 11 is 0. The minimum atomic E-state index is -1.04. The molecule has 176 valence electrons. The van der Waals surface area contributed by atoms with Crippen LogP contribution in [-0.4, -0.2) is 15.6 Å². The number of hydrogen-bond donors (Lipinski definition) is 0. The molecule has 0 aromatic heterocycles. The minimum Gasteiger partial charge on any atom is -0.444 e. The third kappa shape index (κ3) is 2.81. The van der Waals surface area contributed by atoms with Crippen LogP contribution in [0.3, 0.4) is 0 Å². The number of non-ortho nitro benzene ring substituents is 2. The van der Waals surface area contributed by atoms with E-state index in [-0.39, 0.29) is 11.4 Å². The fourth-order valence-corrected chi connectivity index (χ4v) is 5.63. The van der Waals surface area contributed by atoms with Crippen LogP contribution in [0, 0.1) is 20.2 Å². The number of nitro groups is 2. The molecule has 1 aliphatic carbocycles. The van der Waals surface area contributed by atoms with Gasteiger partial charge in [0.15, 0.2) is 0 Å². The Morgan fingerprint density at radius 3 is 1.58 bits per heavy atom. The number of benzene rings is 4. The lowest BCUT2D eigenvalue weighted by Gasteiger charge is -2.46. The largest absolute Gasteiger partial charge is 0.444 e. The zero-order valence-electron chi connectivity index (χ0n) is 18.9. The predicted molar refractivity (Wildman–Crippen MR) is 135 cm³/mol. The lowest BCUT2D eigenvalue weighted by molar-refractivity contribution is -0.384. The molecule has 0 radical (unpaired) electrons. The molecule has 0 N–H and O–H groups in total. The van der Waals surface area contributed by atoms with E-state index in [1.807, 2.05) is 24.3 Å². The van der Waals surface area contributed by atoms with E-state index in [4.69, 9.17) is 9.47 Å². The van der Waals surface area contributed by atoms with E-state index in [1.54, 1.807) is 24.3 Å². The average molecular weight is 478 g/mol. The molecule has 0 amide bonds. The highest BCUT2D eigenvalue weighted by atomic mass is 16.7. The van der Waals surface area contributed by atoms with Crippen LogP contribution in [0.5, 0.6) is 11.5 Å². The van der Waals surface area contributed by atoms with Gasteiger partial charge >= 0.3 is 0 Å². The highest BCUT2D eigenvalue weighted by Crippen LogP contribution is 2.52. The van der Waals surface area contributed by atoms with Gasteiger partial charge in [-0.1, -0.05) is 12.1 Å². The molecule has 1 spiro atoms. The lowest BCUT2D eigenvalue weighted by atomic mass is 9.78. The molecule has 4 aromatic rings. The van der Waals surface area contributed by atoms with Crippen molar-refractivity contribution >= 4 is 45.1 Å². The summed E-state index contributed by atoms with van der Waals surface area (Å²) in [4.78, 5) is 21.7. The van der Waals surface area contributed by atoms with Gasteiger partial charge < -0.3 is 9.47 Å². The van der Waals surface area contributed by atoms with Crippen molar-refractivity contribution in [1.29, 1.82) is 0 Å². The van der Waals surface area contributed by atoms with Crippen LogP contribution < -0.4 is 9.47 Å². The Labute approximate surface area is 204 Å². The second kappa shape index (κ2) is 7.14. The molecule has 1 fully saturated rings. The summed E-state index contributed by atoms with van der Waals surface area (Å²) in [5.41, 5.74) is 3.90. The molecule has 1 saturated carbocycles. The topological polar surface area (TPSA) is 105 Å². The first-order chi connectivity index (χ1) is 17.4. The molecule has 0 saturated heterocycles. The van der Waals surface area contributed by atoms with Crippen LogP contribution >= 0.6 is 0 Å². The van der Waals surface area contributed by atoms with Crippen molar-refractivity contribution in [1.82, 2.24) is 0 Å². The number of hydrogen-bond acceptors (Lipinski definition) is 6. The highest BCUT2D eigenvalue weighted by molar-refractivity contribution is 5.98. The van der Waals surface area contributed by atoms with Gasteiger partial charge in [-0.3, -0.25) is 20.2 Å². The second-order valence-electron chi connectivity index (χ2n) is 9.29. The first kappa shape index (κ1) is 20.6. The van der Waals surface area contributed by atoms with E-state index in [0.717, 1.165) is 63.1 Å². The van der Waals surface area contributed by atoms with Crippen LogP contribution in [0.4, 0.5) is 11.4 Å². The van der Waals surface area contributed by atoms with E-state index in [2.05, 4.69) is 12.2 Å². The van der Waals surface area contributed by atoms with Crippen molar-refractivity contribution in [3.8, 4) is 11.5 Å². The SMILES string of the molecule is O=[N+]([O-])c1ccc2c3c(ccc2c1)OC12Oc4ccc5cc([N+](=O)[O-])ccc5c4C=C1CCCC2=C3. The van der Waals surface area contributed by atoms with Gasteiger partial charge in [-0.05, 0) is 77.2 Å². The summed E-state index contributed by atoms with van der Waals surface area (Å²) in [6, 6.07) is 17.1. The first-order valence-electron chi connectivity index (χ1n) is 11.7. The molecule has 2 heterocycles. The third-order valence-corrected chi connectivity index (χ3v) is 7.31. The molecule has 36 heavy (non-hydrogen) atoms. The summed E-state index contributed by atoms with van der Waals surface area (Å²) in [7, 11) is 0. The molecule has 0 atom stereocenters. The van der Waals surface area contributed by atoms with Gasteiger partial charge in [-0.25, -0.2) is 0 Å². The highest BCUT2D eigenvalue weighted by Gasteiger charge is 2.50. The van der Waals surface area contributed by atoms with E-state index in [9.17, 15) is 20.2 Å². The van der Waals surface area contributed by atoms with Crippen molar-refractivity contribution in [2.75, 3.05) is 0 Å². The van der Waals surface area contributed by atoms with E-state index < -0.39 is 15.6 Å². The van der Waals surface area contributed by atoms with Gasteiger partial charge in [0, 0.05) is 46.5 Å². The molecular formula is C28H18N2O6. The van der Waals surface area contributed by atoms with Crippen molar-refractivity contribution in [2.45, 2.75) is 25.0 Å². The van der Waals surface area contributed by atoms with Gasteiger partial charge in [0.2, 0.25) is 0 Å². The van der Waals surface area contributed by atoms with Gasteiger partial charge in [-0.2, -0.15) is 0 Å². The third-order valence-electron chi connectivity index (χ3n) is 7.31. The van der Waals surface area contributed by atoms with Crippen LogP contribution in [0.15, 0.2) is 71.8 Å². The van der Waals surface area contributed by atoms with Crippen molar-refractivity contribution in [3.05, 3.63) is 103 Å². The smallest absolute Gasteiger partial charge is 0.297 e. The molecule has 2 aliphatic heterocycles. The summed E-state index contributed by atoms with van der Waals surface area (Å²) in [5.74, 6) is 0.279. The second-order valence-corrected chi connectivity index (χ2v) is 9.29. The maximum Gasteiger partial charge on any atom is 0.297 e. The molecule has 8 heteroatoms. The quantitative estimate of drug-likeness (QED) is 0.228. The standard InChI is InChI=1S/C28H18N2O6/c31-29(32)20-6-8-22-16(12-20)4-10-26-24(22)14-18-2-1-3-19-15-25-23-9-7-21(30(33)34)13-17(23)5-11-27(25)36-28(18,19)35-26/h4-15H,1-3H2. The van der Waals surface area contributed by atoms with Crippen LogP contribution in [0.2, 0.25) is 0 Å². The van der Waals surface area contributed by atoms with Crippen molar-refractivity contribution in [2.24, 2.45) is 0 Å². The first-order valence-corrected chi connectivity index (χ1v) is 11.7. The summed E-state index contributed by atoms with van der Waals surface area (Å²) in [5, 5.41) is 25.8. The summed E-state index contributed by atoms with van der Waals surface area (Å²) in [6.45, 7) is 0. The monoisotopic (exact) mass is 478 g/mol. The van der Waals surface area contributed by atoms with Gasteiger partial charge in [-0.15, -0.1) is 0 Å². The van der Waals surface area contributed by atoms with Gasteiger partial charge in [0.25, 0.3) is 17.2 Å². The molecule has 8 nitrogen and oxygen atoms in total. The molecule has 3 aliphatic rings. The Kier molecular flexibility index (Phi) is 4.10. The molecule has 0 bridgehead atoms. The molecule has 0 unspecified atom stereocenters. The van der Waals surface area contributed by atoms with Gasteiger partial charge in [0.1, 0.15) is 11.5 Å². The van der Waals surface area contributed by atoms with Crippen LogP contribution in [0.1, 0.15) is 30.4 Å². The number of nitrogens with zero attached hydrogens (tertiary/aromatic N) is 2. The Morgan fingerprint density at radius 1 is 0.667 bits per heavy atom. The maximum atomic E-state index is 11.2. The number of ether oxygens (including phenoxy) is 2. The number of rotatable bonds is 2. The molecule has 7 rings (SSSR count). The predicted octanol–water partition coefficient (Wildman–Crippen LogP) is 6.94. The van der Waals surface area contributed by atoms with E-state index >= 15 is 0 Å². The summed E-state index contributed by atoms with van der Waals surface area (Å²) < 4.78 is 13.3. The van der Waals surface area contributed by atoms with Crippen LogP contribution in [0.25, 0.3) is 33.7 Å². The van der Waals surface area contributed by atoms with E-state index in [1.165, 1.54) is 12.1 Å². The Morgan fingerprint density at radius 2 is 1.14 bits per heavy atom. The Bertz CT molecular complexity index is 1610. The Balaban J connectivity index is 1.37. The zero-order valence-corrected chi connectivity index (χ0v) is 18.9. The van der Waals surface area contributed by atoms with E-state index in [0.29, 0.717) is 11.5 Å². The molecular weight excluding hydrogens is 460 g/mol. The van der Waals surface area contributed by atoms with Gasteiger partial charge in [0.05, 0.1) is 9.85 Å². The minimum absolute atomic E-state index is 0.0518. The fraction of sp³-hybridized carbons (Fsp3) is 0.143. The number of nitro benzene ring substituents is 2. The fourth-order valence-electron chi connectivity index (χ4n) is 5.63. The molecule has 4 aromatic carbocycles. The maximum absolute atomic E-state index is 11.2. The number of fused-ring (bicyclic) bond motifs is 6. The summed E-state index contributed by atoms with van der Waals surface area (Å²) in [6.07, 6.45) is 6.75. The normalized spacial score (nSPS) is 16.9. The van der Waals surface area contributed by atoms with Crippen molar-refractivity contribution < 1.29 is 19.3 Å². The Hall–Kier alpha value is -4.72. The average Bonchev–Trinajstić information content (AvgIpc) is 2.88. The lowest BCUT2D eigenvalue weighted by Crippen LogP contribution is -2.50. The van der Waals surface area contributed by atoms with Crippen LogP contribution in [-0.2, 0) is 0 Å². The zero-order chi connectivity index (χ0) is 24.6.